The van der Waals surface area contributed by atoms with Gasteiger partial charge in [-0.2, -0.15) is 0 Å². The Morgan fingerprint density at radius 3 is 2.43 bits per heavy atom. The minimum absolute atomic E-state index is 0.0268. The fourth-order valence-corrected chi connectivity index (χ4v) is 1.84. The van der Waals surface area contributed by atoms with Gasteiger partial charge in [-0.05, 0) is 31.2 Å². The summed E-state index contributed by atoms with van der Waals surface area (Å²) in [6, 6.07) is 7.25. The maximum atomic E-state index is 12.1. The topological polar surface area (TPSA) is 111 Å². The standard InChI is InChI=1S/C15H13N3O5/c1-9-13(7-11(8-16-9)18(21)22)15(20)17-14(19)10-3-5-12(23-2)6-4-10/h3-8H,1-2H3,(H,17,19,20). The molecule has 0 radical (unpaired) electrons. The molecule has 0 bridgehead atoms. The van der Waals surface area contributed by atoms with Crippen LogP contribution < -0.4 is 10.1 Å². The Balaban J connectivity index is 2.19. The number of methoxy groups -OCH3 is 1. The van der Waals surface area contributed by atoms with Crippen molar-refractivity contribution in [2.75, 3.05) is 7.11 Å². The van der Waals surface area contributed by atoms with E-state index < -0.39 is 16.7 Å². The third kappa shape index (κ3) is 3.67. The largest absolute Gasteiger partial charge is 0.497 e. The van der Waals surface area contributed by atoms with Gasteiger partial charge in [0, 0.05) is 11.6 Å². The van der Waals surface area contributed by atoms with Gasteiger partial charge in [0.05, 0.1) is 23.3 Å². The summed E-state index contributed by atoms with van der Waals surface area (Å²) >= 11 is 0. The molecule has 0 spiro atoms. The third-order valence-electron chi connectivity index (χ3n) is 3.11. The number of benzene rings is 1. The number of pyridine rings is 1. The van der Waals surface area contributed by atoms with Crippen LogP contribution in [0.2, 0.25) is 0 Å². The van der Waals surface area contributed by atoms with Gasteiger partial charge in [0.25, 0.3) is 17.5 Å². The number of carbonyl (C=O) groups excluding carboxylic acids is 2. The van der Waals surface area contributed by atoms with Gasteiger partial charge in [0.2, 0.25) is 0 Å². The number of rotatable bonds is 4. The van der Waals surface area contributed by atoms with E-state index in [2.05, 4.69) is 10.3 Å². The molecule has 0 aliphatic carbocycles. The van der Waals surface area contributed by atoms with Gasteiger partial charge in [-0.15, -0.1) is 0 Å². The lowest BCUT2D eigenvalue weighted by Gasteiger charge is -2.07. The van der Waals surface area contributed by atoms with Gasteiger partial charge in [-0.3, -0.25) is 30.0 Å². The van der Waals surface area contributed by atoms with Gasteiger partial charge in [-0.25, -0.2) is 0 Å². The maximum Gasteiger partial charge on any atom is 0.288 e. The highest BCUT2D eigenvalue weighted by molar-refractivity contribution is 6.10. The predicted octanol–water partition coefficient (Wildman–Crippen LogP) is 1.88. The summed E-state index contributed by atoms with van der Waals surface area (Å²) in [5.41, 5.74) is 0.199. The van der Waals surface area contributed by atoms with Crippen LogP contribution in [0.4, 0.5) is 5.69 Å². The molecular formula is C15H13N3O5. The normalized spacial score (nSPS) is 10.0. The summed E-state index contributed by atoms with van der Waals surface area (Å²) in [5, 5.41) is 12.9. The minimum Gasteiger partial charge on any atom is -0.497 e. The van der Waals surface area contributed by atoms with Crippen LogP contribution in [0.15, 0.2) is 36.5 Å². The van der Waals surface area contributed by atoms with E-state index in [0.29, 0.717) is 5.75 Å². The summed E-state index contributed by atoms with van der Waals surface area (Å²) < 4.78 is 4.98. The quantitative estimate of drug-likeness (QED) is 0.524. The summed E-state index contributed by atoms with van der Waals surface area (Å²) in [5.74, 6) is -0.797. The van der Waals surface area contributed by atoms with Crippen LogP contribution in [0.3, 0.4) is 0 Å². The molecule has 0 aliphatic rings. The number of amides is 2. The van der Waals surface area contributed by atoms with Gasteiger partial charge < -0.3 is 4.74 Å². The van der Waals surface area contributed by atoms with E-state index in [-0.39, 0.29) is 22.5 Å². The molecule has 8 nitrogen and oxygen atoms in total. The molecule has 0 saturated heterocycles. The van der Waals surface area contributed by atoms with Crippen LogP contribution in [-0.2, 0) is 0 Å². The average molecular weight is 315 g/mol. The molecule has 2 aromatic rings. The first-order valence-electron chi connectivity index (χ1n) is 6.53. The van der Waals surface area contributed by atoms with E-state index in [1.54, 1.807) is 12.1 Å². The number of aryl methyl sites for hydroxylation is 1. The zero-order chi connectivity index (χ0) is 17.0. The van der Waals surface area contributed by atoms with Crippen molar-refractivity contribution in [1.29, 1.82) is 0 Å². The molecule has 1 N–H and O–H groups in total. The molecule has 2 amide bonds. The molecule has 0 aliphatic heterocycles. The fraction of sp³-hybridized carbons (Fsp3) is 0.133. The molecule has 23 heavy (non-hydrogen) atoms. The summed E-state index contributed by atoms with van der Waals surface area (Å²) in [6.45, 7) is 1.52. The smallest absolute Gasteiger partial charge is 0.288 e. The Morgan fingerprint density at radius 2 is 1.87 bits per heavy atom. The zero-order valence-electron chi connectivity index (χ0n) is 12.4. The fourth-order valence-electron chi connectivity index (χ4n) is 1.84. The second-order valence-corrected chi connectivity index (χ2v) is 4.60. The maximum absolute atomic E-state index is 12.1. The molecule has 2 rings (SSSR count). The highest BCUT2D eigenvalue weighted by Crippen LogP contribution is 2.15. The van der Waals surface area contributed by atoms with Crippen LogP contribution >= 0.6 is 0 Å². The number of carbonyl (C=O) groups is 2. The van der Waals surface area contributed by atoms with Crippen molar-refractivity contribution < 1.29 is 19.2 Å². The van der Waals surface area contributed by atoms with Crippen molar-refractivity contribution in [3.8, 4) is 5.75 Å². The van der Waals surface area contributed by atoms with Gasteiger partial charge >= 0.3 is 0 Å². The molecule has 0 atom stereocenters. The first-order valence-corrected chi connectivity index (χ1v) is 6.53. The number of hydrogen-bond acceptors (Lipinski definition) is 6. The Bertz CT molecular complexity index is 771. The predicted molar refractivity (Wildman–Crippen MR) is 80.4 cm³/mol. The molecule has 1 aromatic carbocycles. The molecule has 8 heteroatoms. The molecule has 0 saturated carbocycles. The first kappa shape index (κ1) is 16.1. The first-order chi connectivity index (χ1) is 10.9. The van der Waals surface area contributed by atoms with Gasteiger partial charge in [0.15, 0.2) is 0 Å². The van der Waals surface area contributed by atoms with Crippen LogP contribution in [0.25, 0.3) is 0 Å². The lowest BCUT2D eigenvalue weighted by molar-refractivity contribution is -0.385. The number of nitro groups is 1. The lowest BCUT2D eigenvalue weighted by Crippen LogP contribution is -2.31. The van der Waals surface area contributed by atoms with Crippen LogP contribution in [0.5, 0.6) is 5.75 Å². The van der Waals surface area contributed by atoms with Crippen LogP contribution in [0, 0.1) is 17.0 Å². The number of hydrogen-bond donors (Lipinski definition) is 1. The van der Waals surface area contributed by atoms with Crippen molar-refractivity contribution in [2.45, 2.75) is 6.92 Å². The molecular weight excluding hydrogens is 302 g/mol. The molecule has 118 valence electrons. The van der Waals surface area contributed by atoms with E-state index >= 15 is 0 Å². The number of imide groups is 1. The van der Waals surface area contributed by atoms with E-state index in [4.69, 9.17) is 4.74 Å². The minimum atomic E-state index is -0.750. The van der Waals surface area contributed by atoms with Crippen molar-refractivity contribution in [3.63, 3.8) is 0 Å². The van der Waals surface area contributed by atoms with Crippen LogP contribution in [-0.4, -0.2) is 28.8 Å². The highest BCUT2D eigenvalue weighted by Gasteiger charge is 2.18. The third-order valence-corrected chi connectivity index (χ3v) is 3.11. The Labute approximate surface area is 131 Å². The van der Waals surface area contributed by atoms with Gasteiger partial charge in [0.1, 0.15) is 11.9 Å². The van der Waals surface area contributed by atoms with E-state index in [1.165, 1.54) is 26.2 Å². The lowest BCUT2D eigenvalue weighted by atomic mass is 10.1. The average Bonchev–Trinajstić information content (AvgIpc) is 2.54. The summed E-state index contributed by atoms with van der Waals surface area (Å²) in [7, 11) is 1.50. The van der Waals surface area contributed by atoms with E-state index in [9.17, 15) is 19.7 Å². The summed E-state index contributed by atoms with van der Waals surface area (Å²) in [4.78, 5) is 38.0. The number of nitrogens with one attached hydrogen (secondary N) is 1. The number of ether oxygens (including phenoxy) is 1. The van der Waals surface area contributed by atoms with E-state index in [0.717, 1.165) is 12.3 Å². The second-order valence-electron chi connectivity index (χ2n) is 4.60. The van der Waals surface area contributed by atoms with Crippen molar-refractivity contribution in [3.05, 3.63) is 63.5 Å². The van der Waals surface area contributed by atoms with E-state index in [1.807, 2.05) is 0 Å². The number of aromatic nitrogens is 1. The molecule has 1 aromatic heterocycles. The number of nitrogens with zero attached hydrogens (tertiary/aromatic N) is 2. The van der Waals surface area contributed by atoms with Crippen molar-refractivity contribution in [1.82, 2.24) is 10.3 Å². The Kier molecular flexibility index (Phi) is 4.65. The summed E-state index contributed by atoms with van der Waals surface area (Å²) in [6.07, 6.45) is 1.05. The zero-order valence-corrected chi connectivity index (χ0v) is 12.4. The van der Waals surface area contributed by atoms with Crippen molar-refractivity contribution >= 4 is 17.5 Å². The van der Waals surface area contributed by atoms with Crippen LogP contribution in [0.1, 0.15) is 26.4 Å². The Morgan fingerprint density at radius 1 is 1.22 bits per heavy atom. The molecule has 0 unspecified atom stereocenters. The second kappa shape index (κ2) is 6.65. The molecule has 0 fully saturated rings. The van der Waals surface area contributed by atoms with Crippen molar-refractivity contribution in [2.24, 2.45) is 0 Å². The monoisotopic (exact) mass is 315 g/mol. The highest BCUT2D eigenvalue weighted by atomic mass is 16.6. The Hall–Kier alpha value is -3.29. The SMILES string of the molecule is COc1ccc(C(=O)NC(=O)c2cc([N+](=O)[O-])cnc2C)cc1. The molecule has 1 heterocycles. The van der Waals surface area contributed by atoms with Gasteiger partial charge in [-0.1, -0.05) is 0 Å².